The maximum absolute atomic E-state index is 4.57. The van der Waals surface area contributed by atoms with Crippen LogP contribution in [0.3, 0.4) is 0 Å². The lowest BCUT2D eigenvalue weighted by Crippen LogP contribution is -2.29. The second kappa shape index (κ2) is 3.22. The zero-order valence-corrected chi connectivity index (χ0v) is 10.9. The van der Waals surface area contributed by atoms with E-state index in [4.69, 9.17) is 0 Å². The zero-order chi connectivity index (χ0) is 12.4. The molecule has 0 radical (unpaired) electrons. The molecule has 0 saturated carbocycles. The molecular weight excluding hydrogens is 254 g/mol. The van der Waals surface area contributed by atoms with Crippen molar-refractivity contribution in [2.75, 3.05) is 0 Å². The van der Waals surface area contributed by atoms with Gasteiger partial charge in [0.15, 0.2) is 11.2 Å². The second-order valence-electron chi connectivity index (χ2n) is 4.84. The molecule has 90 valence electrons. The fraction of sp³-hybridized carbons (Fsp3) is 0.0667. The van der Waals surface area contributed by atoms with Crippen molar-refractivity contribution in [3.63, 3.8) is 0 Å². The first-order chi connectivity index (χ1) is 9.42. The molecule has 0 aliphatic carbocycles. The van der Waals surface area contributed by atoms with Gasteiger partial charge in [-0.05, 0) is 18.2 Å². The summed E-state index contributed by atoms with van der Waals surface area (Å²) >= 11 is 1.83. The molecule has 0 atom stereocenters. The molecule has 0 N–H and O–H groups in total. The van der Waals surface area contributed by atoms with Crippen molar-refractivity contribution in [3.8, 4) is 11.5 Å². The van der Waals surface area contributed by atoms with Crippen LogP contribution in [-0.4, -0.2) is 9.38 Å². The molecule has 4 heterocycles. The van der Waals surface area contributed by atoms with Crippen molar-refractivity contribution in [3.05, 3.63) is 54.4 Å². The number of para-hydroxylation sites is 1. The van der Waals surface area contributed by atoms with Gasteiger partial charge in [-0.15, -0.1) is 0 Å². The van der Waals surface area contributed by atoms with Crippen molar-refractivity contribution in [2.24, 2.45) is 0 Å². The van der Waals surface area contributed by atoms with E-state index in [1.54, 1.807) is 0 Å². The Morgan fingerprint density at radius 1 is 1.16 bits per heavy atom. The van der Waals surface area contributed by atoms with Crippen molar-refractivity contribution in [1.29, 1.82) is 0 Å². The summed E-state index contributed by atoms with van der Waals surface area (Å²) in [6, 6.07) is 12.7. The lowest BCUT2D eigenvalue weighted by Gasteiger charge is -1.92. The minimum absolute atomic E-state index is 0.932. The van der Waals surface area contributed by atoms with Gasteiger partial charge in [-0.25, -0.2) is 9.55 Å². The Morgan fingerprint density at radius 3 is 3.11 bits per heavy atom. The van der Waals surface area contributed by atoms with Crippen molar-refractivity contribution in [2.45, 2.75) is 6.54 Å². The molecule has 3 aromatic heterocycles. The highest BCUT2D eigenvalue weighted by Gasteiger charge is 2.32. The third-order valence-electron chi connectivity index (χ3n) is 3.73. The lowest BCUT2D eigenvalue weighted by atomic mass is 10.2. The SMILES string of the molecule is c1cnc2c(c1)C[n+]1cc3sc4ccccc4n3c1-2. The highest BCUT2D eigenvalue weighted by Crippen LogP contribution is 2.33. The van der Waals surface area contributed by atoms with Crippen LogP contribution in [-0.2, 0) is 6.54 Å². The van der Waals surface area contributed by atoms with E-state index < -0.39 is 0 Å². The van der Waals surface area contributed by atoms with Gasteiger partial charge in [0.25, 0.3) is 0 Å². The molecule has 0 bridgehead atoms. The molecule has 0 fully saturated rings. The number of rotatable bonds is 0. The summed E-state index contributed by atoms with van der Waals surface area (Å²) in [6.07, 6.45) is 4.12. The molecule has 0 saturated heterocycles. The number of benzene rings is 1. The second-order valence-corrected chi connectivity index (χ2v) is 5.90. The monoisotopic (exact) mass is 264 g/mol. The van der Waals surface area contributed by atoms with Crippen LogP contribution in [0, 0.1) is 0 Å². The molecule has 0 unspecified atom stereocenters. The topological polar surface area (TPSA) is 21.2 Å². The molecule has 19 heavy (non-hydrogen) atoms. The first-order valence-corrected chi connectivity index (χ1v) is 7.10. The molecule has 0 amide bonds. The van der Waals surface area contributed by atoms with E-state index in [0.717, 1.165) is 12.2 Å². The van der Waals surface area contributed by atoms with Gasteiger partial charge in [-0.3, -0.25) is 0 Å². The Bertz CT molecular complexity index is 949. The van der Waals surface area contributed by atoms with Crippen LogP contribution >= 0.6 is 11.3 Å². The van der Waals surface area contributed by atoms with E-state index in [9.17, 15) is 0 Å². The van der Waals surface area contributed by atoms with Gasteiger partial charge in [0.1, 0.15) is 12.7 Å². The highest BCUT2D eigenvalue weighted by atomic mass is 32.1. The van der Waals surface area contributed by atoms with Crippen LogP contribution in [0.15, 0.2) is 48.8 Å². The average Bonchev–Trinajstić information content (AvgIpc) is 3.04. The van der Waals surface area contributed by atoms with Crippen LogP contribution in [0.2, 0.25) is 0 Å². The Kier molecular flexibility index (Phi) is 1.64. The van der Waals surface area contributed by atoms with E-state index >= 15 is 0 Å². The molecule has 5 rings (SSSR count). The van der Waals surface area contributed by atoms with Gasteiger partial charge in [0, 0.05) is 11.8 Å². The third-order valence-corrected chi connectivity index (χ3v) is 4.80. The van der Waals surface area contributed by atoms with E-state index in [1.165, 1.54) is 26.4 Å². The number of hydrogen-bond donors (Lipinski definition) is 0. The summed E-state index contributed by atoms with van der Waals surface area (Å²) in [5.74, 6) is 1.21. The summed E-state index contributed by atoms with van der Waals surface area (Å²) in [4.78, 5) is 5.86. The van der Waals surface area contributed by atoms with Gasteiger partial charge in [-0.1, -0.05) is 29.5 Å². The number of nitrogens with zero attached hydrogens (tertiary/aromatic N) is 3. The number of aromatic nitrogens is 3. The maximum Gasteiger partial charge on any atom is 0.314 e. The zero-order valence-electron chi connectivity index (χ0n) is 10.1. The molecule has 0 spiro atoms. The van der Waals surface area contributed by atoms with E-state index in [-0.39, 0.29) is 0 Å². The molecule has 3 nitrogen and oxygen atoms in total. The summed E-state index contributed by atoms with van der Waals surface area (Å²) in [7, 11) is 0. The van der Waals surface area contributed by atoms with Gasteiger partial charge < -0.3 is 0 Å². The quantitative estimate of drug-likeness (QED) is 0.394. The van der Waals surface area contributed by atoms with Crippen molar-refractivity contribution < 1.29 is 4.57 Å². The molecule has 1 aromatic carbocycles. The predicted octanol–water partition coefficient (Wildman–Crippen LogP) is 2.87. The minimum atomic E-state index is 0.932. The van der Waals surface area contributed by atoms with E-state index in [0.29, 0.717) is 0 Å². The van der Waals surface area contributed by atoms with Gasteiger partial charge in [-0.2, -0.15) is 4.40 Å². The Labute approximate surface area is 113 Å². The summed E-state index contributed by atoms with van der Waals surface area (Å²) in [5, 5.41) is 0. The van der Waals surface area contributed by atoms with Gasteiger partial charge in [0.2, 0.25) is 4.83 Å². The first kappa shape index (κ1) is 9.69. The van der Waals surface area contributed by atoms with Crippen molar-refractivity contribution >= 4 is 26.4 Å². The lowest BCUT2D eigenvalue weighted by molar-refractivity contribution is -0.670. The minimum Gasteiger partial charge on any atom is -0.248 e. The van der Waals surface area contributed by atoms with Crippen molar-refractivity contribution in [1.82, 2.24) is 9.38 Å². The third kappa shape index (κ3) is 1.12. The largest absolute Gasteiger partial charge is 0.314 e. The number of fused-ring (bicyclic) bond motifs is 7. The standard InChI is InChI=1S/C15H10N3S/c1-2-6-12-11(5-1)18-13(19-12)9-17-8-10-4-3-7-16-14(10)15(17)18/h1-7,9H,8H2/q+1. The number of thiazole rings is 1. The first-order valence-electron chi connectivity index (χ1n) is 6.28. The number of hydrogen-bond acceptors (Lipinski definition) is 2. The molecule has 1 aliphatic heterocycles. The van der Waals surface area contributed by atoms with E-state index in [1.807, 2.05) is 23.6 Å². The fourth-order valence-corrected chi connectivity index (χ4v) is 4.04. The highest BCUT2D eigenvalue weighted by molar-refractivity contribution is 7.23. The molecule has 4 heteroatoms. The van der Waals surface area contributed by atoms with Gasteiger partial charge >= 0.3 is 5.82 Å². The predicted molar refractivity (Wildman–Crippen MR) is 75.3 cm³/mol. The molecule has 4 aromatic rings. The van der Waals surface area contributed by atoms with Crippen LogP contribution in [0.25, 0.3) is 26.6 Å². The Balaban J connectivity index is 2.00. The maximum atomic E-state index is 4.57. The smallest absolute Gasteiger partial charge is 0.248 e. The van der Waals surface area contributed by atoms with Crippen LogP contribution in [0.1, 0.15) is 5.56 Å². The van der Waals surface area contributed by atoms with E-state index in [2.05, 4.69) is 50.5 Å². The van der Waals surface area contributed by atoms with Gasteiger partial charge in [0.05, 0.1) is 4.70 Å². The number of imidazole rings is 1. The Morgan fingerprint density at radius 2 is 2.11 bits per heavy atom. The average molecular weight is 264 g/mol. The van der Waals surface area contributed by atoms with Crippen LogP contribution in [0.4, 0.5) is 0 Å². The Hall–Kier alpha value is -2.20. The molecule has 1 aliphatic rings. The molecular formula is C15H10N3S+. The number of pyridine rings is 1. The van der Waals surface area contributed by atoms with Crippen LogP contribution < -0.4 is 4.57 Å². The fourth-order valence-electron chi connectivity index (χ4n) is 2.94. The summed E-state index contributed by atoms with van der Waals surface area (Å²) < 4.78 is 5.96. The van der Waals surface area contributed by atoms with Crippen LogP contribution in [0.5, 0.6) is 0 Å². The summed E-state index contributed by atoms with van der Waals surface area (Å²) in [5.41, 5.74) is 3.70. The normalized spacial score (nSPS) is 13.1. The summed E-state index contributed by atoms with van der Waals surface area (Å²) in [6.45, 7) is 0.932.